The molecule has 0 fully saturated rings. The van der Waals surface area contributed by atoms with E-state index in [-0.39, 0.29) is 22.0 Å². The van der Waals surface area contributed by atoms with Gasteiger partial charge in [0, 0.05) is 24.9 Å². The van der Waals surface area contributed by atoms with Gasteiger partial charge in [0.15, 0.2) is 0 Å². The van der Waals surface area contributed by atoms with Crippen LogP contribution in [0.5, 0.6) is 5.75 Å². The van der Waals surface area contributed by atoms with Crippen LogP contribution in [0.3, 0.4) is 0 Å². The summed E-state index contributed by atoms with van der Waals surface area (Å²) in [5.74, 6) is -0.624. The highest BCUT2D eigenvalue weighted by molar-refractivity contribution is 7.92. The Morgan fingerprint density at radius 1 is 1.29 bits per heavy atom. The number of benzene rings is 2. The van der Waals surface area contributed by atoms with Gasteiger partial charge in [-0.15, -0.1) is 0 Å². The van der Waals surface area contributed by atoms with Crippen LogP contribution >= 0.6 is 11.3 Å². The summed E-state index contributed by atoms with van der Waals surface area (Å²) in [6, 6.07) is 8.32. The third-order valence-electron chi connectivity index (χ3n) is 4.41. The first-order valence-corrected chi connectivity index (χ1v) is 11.4. The van der Waals surface area contributed by atoms with E-state index in [2.05, 4.69) is 5.32 Å². The molecule has 1 N–H and O–H groups in total. The van der Waals surface area contributed by atoms with Crippen LogP contribution in [0.1, 0.15) is 0 Å². The molecule has 31 heavy (non-hydrogen) atoms. The number of non-ortho nitro benzene ring substituents is 1. The number of hydrogen-bond acceptors (Lipinski definition) is 8. The van der Waals surface area contributed by atoms with Crippen molar-refractivity contribution in [3.63, 3.8) is 0 Å². The minimum absolute atomic E-state index is 0.0549. The van der Waals surface area contributed by atoms with Crippen LogP contribution in [-0.2, 0) is 21.9 Å². The number of ether oxygens (including phenoxy) is 1. The molecule has 0 aliphatic carbocycles. The lowest BCUT2D eigenvalue weighted by Gasteiger charge is -2.23. The zero-order valence-corrected chi connectivity index (χ0v) is 18.3. The minimum Gasteiger partial charge on any atom is -0.495 e. The van der Waals surface area contributed by atoms with Crippen LogP contribution in [0.15, 0.2) is 41.2 Å². The summed E-state index contributed by atoms with van der Waals surface area (Å²) in [7, 11) is -1.07. The maximum Gasteiger partial charge on any atom is 0.307 e. The van der Waals surface area contributed by atoms with Crippen molar-refractivity contribution in [1.82, 2.24) is 4.57 Å². The first kappa shape index (κ1) is 22.2. The van der Waals surface area contributed by atoms with E-state index in [4.69, 9.17) is 4.74 Å². The molecule has 11 nitrogen and oxygen atoms in total. The fraction of sp³-hybridized carbons (Fsp3) is 0.222. The van der Waals surface area contributed by atoms with Gasteiger partial charge in [-0.2, -0.15) is 0 Å². The highest BCUT2D eigenvalue weighted by atomic mass is 32.2. The van der Waals surface area contributed by atoms with Crippen molar-refractivity contribution in [2.24, 2.45) is 7.05 Å². The number of nitro benzene ring substituents is 1. The number of rotatable bonds is 7. The Hall–Kier alpha value is -3.45. The predicted molar refractivity (Wildman–Crippen MR) is 118 cm³/mol. The quantitative estimate of drug-likeness (QED) is 0.414. The number of methoxy groups -OCH3 is 1. The molecule has 0 saturated heterocycles. The molecule has 2 aromatic carbocycles. The Morgan fingerprint density at radius 2 is 2.00 bits per heavy atom. The number of aromatic nitrogens is 1. The lowest BCUT2D eigenvalue weighted by molar-refractivity contribution is -0.384. The van der Waals surface area contributed by atoms with E-state index in [0.717, 1.165) is 28.0 Å². The number of amides is 1. The Labute approximate surface area is 180 Å². The molecule has 164 valence electrons. The fourth-order valence-corrected chi connectivity index (χ4v) is 4.68. The molecular formula is C18H18N4O7S2. The molecule has 0 aliphatic rings. The topological polar surface area (TPSA) is 141 Å². The van der Waals surface area contributed by atoms with E-state index in [1.807, 2.05) is 0 Å². The zero-order chi connectivity index (χ0) is 22.9. The van der Waals surface area contributed by atoms with Crippen LogP contribution in [0.4, 0.5) is 17.1 Å². The molecule has 13 heteroatoms. The maximum atomic E-state index is 12.6. The van der Waals surface area contributed by atoms with Gasteiger partial charge < -0.3 is 14.6 Å². The number of anilines is 2. The molecule has 0 saturated carbocycles. The van der Waals surface area contributed by atoms with E-state index in [9.17, 15) is 28.1 Å². The van der Waals surface area contributed by atoms with Crippen LogP contribution in [-0.4, -0.2) is 43.7 Å². The average molecular weight is 466 g/mol. The largest absolute Gasteiger partial charge is 0.495 e. The van der Waals surface area contributed by atoms with Gasteiger partial charge in [-0.1, -0.05) is 11.3 Å². The summed E-state index contributed by atoms with van der Waals surface area (Å²) >= 11 is 1.01. The summed E-state index contributed by atoms with van der Waals surface area (Å²) in [4.78, 5) is 34.7. The van der Waals surface area contributed by atoms with Crippen molar-refractivity contribution in [3.8, 4) is 5.75 Å². The Morgan fingerprint density at radius 3 is 2.61 bits per heavy atom. The number of nitrogens with one attached hydrogen (secondary N) is 1. The summed E-state index contributed by atoms with van der Waals surface area (Å²) in [6.45, 7) is -0.639. The number of nitro groups is 1. The summed E-state index contributed by atoms with van der Waals surface area (Å²) < 4.78 is 32.7. The monoisotopic (exact) mass is 466 g/mol. The molecule has 0 bridgehead atoms. The lowest BCUT2D eigenvalue weighted by atomic mass is 10.2. The van der Waals surface area contributed by atoms with Crippen molar-refractivity contribution in [1.29, 1.82) is 0 Å². The molecule has 1 aromatic heterocycles. The average Bonchev–Trinajstić information content (AvgIpc) is 2.98. The molecule has 3 rings (SSSR count). The molecule has 0 radical (unpaired) electrons. The zero-order valence-electron chi connectivity index (χ0n) is 16.7. The Bertz CT molecular complexity index is 1340. The first-order valence-electron chi connectivity index (χ1n) is 8.71. The van der Waals surface area contributed by atoms with Gasteiger partial charge in [-0.3, -0.25) is 24.0 Å². The van der Waals surface area contributed by atoms with E-state index in [1.165, 1.54) is 23.8 Å². The molecule has 1 amide bonds. The molecule has 0 unspecified atom stereocenters. The number of hydrogen-bond donors (Lipinski definition) is 1. The van der Waals surface area contributed by atoms with Crippen molar-refractivity contribution in [2.45, 2.75) is 0 Å². The van der Waals surface area contributed by atoms with Gasteiger partial charge in [-0.05, 0) is 24.3 Å². The number of aryl methyl sites for hydroxylation is 1. The van der Waals surface area contributed by atoms with Crippen LogP contribution < -0.4 is 19.2 Å². The van der Waals surface area contributed by atoms with Crippen molar-refractivity contribution >= 4 is 54.5 Å². The van der Waals surface area contributed by atoms with Gasteiger partial charge in [-0.25, -0.2) is 8.42 Å². The number of nitrogens with zero attached hydrogens (tertiary/aromatic N) is 3. The molecule has 0 spiro atoms. The van der Waals surface area contributed by atoms with Crippen LogP contribution in [0, 0.1) is 10.1 Å². The number of sulfonamides is 1. The maximum absolute atomic E-state index is 12.6. The molecule has 3 aromatic rings. The van der Waals surface area contributed by atoms with Gasteiger partial charge in [0.1, 0.15) is 18.0 Å². The minimum atomic E-state index is -3.99. The number of thiazole rings is 1. The molecule has 0 atom stereocenters. The van der Waals surface area contributed by atoms with Crippen LogP contribution in [0.2, 0.25) is 0 Å². The third kappa shape index (κ3) is 4.67. The fourth-order valence-electron chi connectivity index (χ4n) is 2.91. The standard InChI is InChI=1S/C18H18N4O7S2/c1-20-13-6-4-11(8-16(13)30-18(20)24)19-17(23)10-21(31(3,27)28)14-9-12(22(25)26)5-7-15(14)29-2/h4-9H,10H2,1-3H3,(H,19,23). The van der Waals surface area contributed by atoms with E-state index in [0.29, 0.717) is 15.9 Å². The Kier molecular flexibility index (Phi) is 5.99. The van der Waals surface area contributed by atoms with E-state index < -0.39 is 27.4 Å². The summed E-state index contributed by atoms with van der Waals surface area (Å²) in [6.07, 6.45) is 0.881. The van der Waals surface area contributed by atoms with E-state index in [1.54, 1.807) is 25.2 Å². The SMILES string of the molecule is COc1ccc([N+](=O)[O-])cc1N(CC(=O)Nc1ccc2c(c1)sc(=O)n2C)S(C)(=O)=O. The normalized spacial score (nSPS) is 11.3. The van der Waals surface area contributed by atoms with Crippen LogP contribution in [0.25, 0.3) is 10.2 Å². The highest BCUT2D eigenvalue weighted by Gasteiger charge is 2.26. The second-order valence-corrected chi connectivity index (χ2v) is 9.44. The van der Waals surface area contributed by atoms with Gasteiger partial charge in [0.25, 0.3) is 5.69 Å². The Balaban J connectivity index is 1.92. The second-order valence-electron chi connectivity index (χ2n) is 6.54. The smallest absolute Gasteiger partial charge is 0.307 e. The molecule has 1 heterocycles. The molecular weight excluding hydrogens is 448 g/mol. The van der Waals surface area contributed by atoms with Gasteiger partial charge in [0.2, 0.25) is 15.9 Å². The second kappa shape index (κ2) is 8.35. The molecule has 0 aliphatic heterocycles. The third-order valence-corrected chi connectivity index (χ3v) is 6.53. The van der Waals surface area contributed by atoms with Gasteiger partial charge in [0.05, 0.1) is 28.5 Å². The van der Waals surface area contributed by atoms with Crippen molar-refractivity contribution in [3.05, 3.63) is 56.2 Å². The summed E-state index contributed by atoms with van der Waals surface area (Å²) in [5, 5.41) is 13.7. The predicted octanol–water partition coefficient (Wildman–Crippen LogP) is 1.92. The van der Waals surface area contributed by atoms with Gasteiger partial charge >= 0.3 is 4.87 Å². The first-order chi connectivity index (χ1) is 14.5. The highest BCUT2D eigenvalue weighted by Crippen LogP contribution is 2.33. The number of fused-ring (bicyclic) bond motifs is 1. The van der Waals surface area contributed by atoms with Crippen molar-refractivity contribution in [2.75, 3.05) is 29.5 Å². The van der Waals surface area contributed by atoms with E-state index >= 15 is 0 Å². The number of carbonyl (C=O) groups excluding carboxylic acids is 1. The summed E-state index contributed by atoms with van der Waals surface area (Å²) in [5.41, 5.74) is 0.589. The van der Waals surface area contributed by atoms with Crippen molar-refractivity contribution < 1.29 is 22.9 Å². The lowest BCUT2D eigenvalue weighted by Crippen LogP contribution is -2.37. The number of carbonyl (C=O) groups is 1.